The van der Waals surface area contributed by atoms with Gasteiger partial charge in [-0.05, 0) is 30.3 Å². The number of halogens is 1. The van der Waals surface area contributed by atoms with Gasteiger partial charge in [0.1, 0.15) is 11.3 Å². The van der Waals surface area contributed by atoms with Gasteiger partial charge in [0.15, 0.2) is 5.88 Å². The number of benzene rings is 1. The molecule has 1 N–H and O–H groups in total. The van der Waals surface area contributed by atoms with Crippen LogP contribution in [0.1, 0.15) is 19.6 Å². The van der Waals surface area contributed by atoms with Crippen LogP contribution in [0.3, 0.4) is 0 Å². The summed E-state index contributed by atoms with van der Waals surface area (Å²) in [4.78, 5) is 23.8. The molecule has 0 aliphatic carbocycles. The van der Waals surface area contributed by atoms with Crippen molar-refractivity contribution in [3.05, 3.63) is 52.8 Å². The number of hydrogen-bond acceptors (Lipinski definition) is 6. The number of nitrogens with one attached hydrogen (secondary N) is 1. The maximum absolute atomic E-state index is 11.9. The van der Waals surface area contributed by atoms with E-state index in [1.807, 2.05) is 0 Å². The van der Waals surface area contributed by atoms with Gasteiger partial charge in [-0.1, -0.05) is 11.6 Å². The van der Waals surface area contributed by atoms with Crippen LogP contribution in [0.4, 0.5) is 11.6 Å². The zero-order valence-electron chi connectivity index (χ0n) is 13.0. The summed E-state index contributed by atoms with van der Waals surface area (Å²) in [5.74, 6) is -2.01. The first-order valence-corrected chi connectivity index (χ1v) is 7.51. The van der Waals surface area contributed by atoms with Crippen LogP contribution in [-0.2, 0) is 19.1 Å². The molecule has 6 nitrogen and oxygen atoms in total. The Morgan fingerprint density at radius 3 is 2.25 bits per heavy atom. The molecule has 1 aromatic carbocycles. The van der Waals surface area contributed by atoms with Crippen molar-refractivity contribution >= 4 is 41.2 Å². The fourth-order valence-electron chi connectivity index (χ4n) is 2.09. The fraction of sp³-hybridized carbons (Fsp3) is 0.176. The number of furan rings is 1. The molecular weight excluding hydrogens is 334 g/mol. The first-order chi connectivity index (χ1) is 11.3. The molecule has 0 unspecified atom stereocenters. The number of cyclic esters (lactones) is 2. The Hall–Kier alpha value is -2.73. The van der Waals surface area contributed by atoms with Crippen molar-refractivity contribution in [2.24, 2.45) is 0 Å². The van der Waals surface area contributed by atoms with E-state index < -0.39 is 17.7 Å². The second-order valence-corrected chi connectivity index (χ2v) is 6.01. The highest BCUT2D eigenvalue weighted by atomic mass is 35.5. The Morgan fingerprint density at radius 2 is 1.62 bits per heavy atom. The van der Waals surface area contributed by atoms with Crippen LogP contribution in [0.2, 0.25) is 5.02 Å². The SMILES string of the molecule is CC1(C)OC(=O)C(=Cc2ccc(Nc3ccc(Cl)cc3)o2)C(=O)O1. The number of esters is 2. The van der Waals surface area contributed by atoms with Crippen LogP contribution in [0.15, 0.2) is 46.4 Å². The zero-order valence-corrected chi connectivity index (χ0v) is 13.7. The maximum atomic E-state index is 11.9. The standard InChI is InChI=1S/C17H14ClNO5/c1-17(2)23-15(20)13(16(21)24-17)9-12-7-8-14(22-12)19-11-5-3-10(18)4-6-11/h3-9,19H,1-2H3. The Bertz CT molecular complexity index is 798. The molecule has 0 saturated carbocycles. The third-order valence-electron chi connectivity index (χ3n) is 3.14. The summed E-state index contributed by atoms with van der Waals surface area (Å²) in [6, 6.07) is 10.4. The number of ether oxygens (including phenoxy) is 2. The van der Waals surface area contributed by atoms with E-state index in [9.17, 15) is 9.59 Å². The average Bonchev–Trinajstić information content (AvgIpc) is 2.92. The minimum absolute atomic E-state index is 0.221. The number of anilines is 2. The summed E-state index contributed by atoms with van der Waals surface area (Å²) in [5.41, 5.74) is 0.563. The van der Waals surface area contributed by atoms with Gasteiger partial charge in [-0.25, -0.2) is 9.59 Å². The van der Waals surface area contributed by atoms with Crippen molar-refractivity contribution in [1.29, 1.82) is 0 Å². The molecule has 1 aliphatic heterocycles. The Labute approximate surface area is 143 Å². The number of carbonyl (C=O) groups excluding carboxylic acids is 2. The van der Waals surface area contributed by atoms with Gasteiger partial charge in [-0.2, -0.15) is 0 Å². The second kappa shape index (κ2) is 6.05. The van der Waals surface area contributed by atoms with E-state index in [0.29, 0.717) is 16.7 Å². The van der Waals surface area contributed by atoms with Gasteiger partial charge in [-0.3, -0.25) is 0 Å². The predicted octanol–water partition coefficient (Wildman–Crippen LogP) is 3.90. The largest absolute Gasteiger partial charge is 0.441 e. The van der Waals surface area contributed by atoms with Crippen LogP contribution >= 0.6 is 11.6 Å². The zero-order chi connectivity index (χ0) is 17.3. The summed E-state index contributed by atoms with van der Waals surface area (Å²) in [6.45, 7) is 2.97. The maximum Gasteiger partial charge on any atom is 0.348 e. The summed E-state index contributed by atoms with van der Waals surface area (Å²) in [6.07, 6.45) is 1.28. The lowest BCUT2D eigenvalue weighted by Crippen LogP contribution is -2.41. The molecular formula is C17H14ClNO5. The Morgan fingerprint density at radius 1 is 1.00 bits per heavy atom. The number of hydrogen-bond donors (Lipinski definition) is 1. The van der Waals surface area contributed by atoms with Gasteiger partial charge >= 0.3 is 11.9 Å². The molecule has 124 valence electrons. The first kappa shape index (κ1) is 16.1. The third kappa shape index (κ3) is 3.60. The monoisotopic (exact) mass is 347 g/mol. The summed E-state index contributed by atoms with van der Waals surface area (Å²) < 4.78 is 15.6. The quantitative estimate of drug-likeness (QED) is 0.515. The molecule has 2 aromatic rings. The summed E-state index contributed by atoms with van der Waals surface area (Å²) in [5, 5.41) is 3.66. The Balaban J connectivity index is 1.77. The molecule has 0 bridgehead atoms. The summed E-state index contributed by atoms with van der Waals surface area (Å²) in [7, 11) is 0. The second-order valence-electron chi connectivity index (χ2n) is 5.57. The van der Waals surface area contributed by atoms with Gasteiger partial charge < -0.3 is 19.2 Å². The molecule has 0 amide bonds. The molecule has 2 heterocycles. The Kier molecular flexibility index (Phi) is 4.07. The van der Waals surface area contributed by atoms with Crippen molar-refractivity contribution < 1.29 is 23.5 Å². The molecule has 0 radical (unpaired) electrons. The van der Waals surface area contributed by atoms with Crippen molar-refractivity contribution in [1.82, 2.24) is 0 Å². The first-order valence-electron chi connectivity index (χ1n) is 7.13. The van der Waals surface area contributed by atoms with Crippen molar-refractivity contribution in [3.8, 4) is 0 Å². The lowest BCUT2D eigenvalue weighted by Gasteiger charge is -2.29. The van der Waals surface area contributed by atoms with E-state index in [-0.39, 0.29) is 5.57 Å². The normalized spacial score (nSPS) is 16.4. The van der Waals surface area contributed by atoms with Crippen molar-refractivity contribution in [3.63, 3.8) is 0 Å². The molecule has 3 rings (SSSR count). The highest BCUT2D eigenvalue weighted by molar-refractivity contribution is 6.30. The molecule has 1 aromatic heterocycles. The van der Waals surface area contributed by atoms with E-state index in [0.717, 1.165) is 5.69 Å². The van der Waals surface area contributed by atoms with Gasteiger partial charge in [0, 0.05) is 36.7 Å². The number of rotatable bonds is 3. The smallest absolute Gasteiger partial charge is 0.348 e. The number of carbonyl (C=O) groups is 2. The topological polar surface area (TPSA) is 77.8 Å². The van der Waals surface area contributed by atoms with E-state index >= 15 is 0 Å². The molecule has 0 spiro atoms. The van der Waals surface area contributed by atoms with Gasteiger partial charge in [-0.15, -0.1) is 0 Å². The highest BCUT2D eigenvalue weighted by Gasteiger charge is 2.39. The van der Waals surface area contributed by atoms with Gasteiger partial charge in [0.2, 0.25) is 0 Å². The highest BCUT2D eigenvalue weighted by Crippen LogP contribution is 2.26. The van der Waals surface area contributed by atoms with Crippen LogP contribution in [-0.4, -0.2) is 17.7 Å². The van der Waals surface area contributed by atoms with Crippen LogP contribution in [0, 0.1) is 0 Å². The summed E-state index contributed by atoms with van der Waals surface area (Å²) >= 11 is 5.83. The van der Waals surface area contributed by atoms with Gasteiger partial charge in [0.05, 0.1) is 0 Å². The van der Waals surface area contributed by atoms with Crippen molar-refractivity contribution in [2.45, 2.75) is 19.6 Å². The lowest BCUT2D eigenvalue weighted by atomic mass is 10.2. The van der Waals surface area contributed by atoms with E-state index in [1.165, 1.54) is 19.9 Å². The van der Waals surface area contributed by atoms with Crippen LogP contribution < -0.4 is 5.32 Å². The molecule has 1 saturated heterocycles. The van der Waals surface area contributed by atoms with Crippen LogP contribution in [0.25, 0.3) is 6.08 Å². The average molecular weight is 348 g/mol. The predicted molar refractivity (Wildman–Crippen MR) is 87.7 cm³/mol. The van der Waals surface area contributed by atoms with Crippen molar-refractivity contribution in [2.75, 3.05) is 5.32 Å². The molecule has 7 heteroatoms. The molecule has 24 heavy (non-hydrogen) atoms. The van der Waals surface area contributed by atoms with Gasteiger partial charge in [0.25, 0.3) is 5.79 Å². The third-order valence-corrected chi connectivity index (χ3v) is 3.39. The minimum Gasteiger partial charge on any atom is -0.441 e. The lowest BCUT2D eigenvalue weighted by molar-refractivity contribution is -0.222. The van der Waals surface area contributed by atoms with E-state index in [1.54, 1.807) is 36.4 Å². The van der Waals surface area contributed by atoms with E-state index in [2.05, 4.69) is 5.32 Å². The molecule has 1 aliphatic rings. The van der Waals surface area contributed by atoms with E-state index in [4.69, 9.17) is 25.5 Å². The molecule has 1 fully saturated rings. The minimum atomic E-state index is -1.27. The fourth-order valence-corrected chi connectivity index (χ4v) is 2.22. The van der Waals surface area contributed by atoms with Crippen LogP contribution in [0.5, 0.6) is 0 Å². The molecule has 0 atom stereocenters.